The first-order valence-electron chi connectivity index (χ1n) is 5.86. The number of nitrogens with zero attached hydrogens (tertiary/aromatic N) is 5. The molecule has 0 atom stereocenters. The third kappa shape index (κ3) is 2.42. The molecular weight excluding hydrogens is 230 g/mol. The summed E-state index contributed by atoms with van der Waals surface area (Å²) in [4.78, 5) is 13.8. The van der Waals surface area contributed by atoms with E-state index >= 15 is 0 Å². The smallest absolute Gasteiger partial charge is 0.272 e. The van der Waals surface area contributed by atoms with Crippen LogP contribution in [0.25, 0.3) is 0 Å². The predicted octanol–water partition coefficient (Wildman–Crippen LogP) is 0.909. The van der Waals surface area contributed by atoms with Crippen molar-refractivity contribution >= 4 is 5.91 Å². The van der Waals surface area contributed by atoms with Gasteiger partial charge in [-0.3, -0.25) is 14.2 Å². The van der Waals surface area contributed by atoms with Crippen LogP contribution >= 0.6 is 0 Å². The number of carbonyl (C=O) groups is 1. The van der Waals surface area contributed by atoms with E-state index in [1.54, 1.807) is 42.1 Å². The largest absolute Gasteiger partial charge is 0.336 e. The number of hydrogen-bond acceptors (Lipinski definition) is 3. The average molecular weight is 247 g/mol. The minimum atomic E-state index is -0.0424. The van der Waals surface area contributed by atoms with Crippen molar-refractivity contribution in [2.24, 2.45) is 7.05 Å². The van der Waals surface area contributed by atoms with E-state index in [0.29, 0.717) is 12.2 Å². The fourth-order valence-electron chi connectivity index (χ4n) is 1.79. The molecule has 0 saturated heterocycles. The second-order valence-corrected chi connectivity index (χ2v) is 4.21. The van der Waals surface area contributed by atoms with Gasteiger partial charge >= 0.3 is 0 Å². The summed E-state index contributed by atoms with van der Waals surface area (Å²) >= 11 is 0. The molecule has 6 nitrogen and oxygen atoms in total. The molecule has 0 N–H and O–H groups in total. The normalized spacial score (nSPS) is 10.6. The molecule has 0 aliphatic carbocycles. The van der Waals surface area contributed by atoms with E-state index < -0.39 is 0 Å². The van der Waals surface area contributed by atoms with E-state index in [1.807, 2.05) is 17.8 Å². The zero-order chi connectivity index (χ0) is 13.1. The Hall–Kier alpha value is -2.11. The Bertz CT molecular complexity index is 542. The Kier molecular flexibility index (Phi) is 3.45. The van der Waals surface area contributed by atoms with E-state index in [4.69, 9.17) is 0 Å². The van der Waals surface area contributed by atoms with Crippen LogP contribution in [0.4, 0.5) is 0 Å². The molecule has 2 heterocycles. The molecule has 0 aliphatic heterocycles. The van der Waals surface area contributed by atoms with Crippen LogP contribution in [-0.2, 0) is 20.1 Å². The second-order valence-electron chi connectivity index (χ2n) is 4.21. The van der Waals surface area contributed by atoms with Crippen LogP contribution in [0.5, 0.6) is 0 Å². The molecule has 2 aromatic rings. The van der Waals surface area contributed by atoms with Gasteiger partial charge in [-0.15, -0.1) is 0 Å². The van der Waals surface area contributed by atoms with Crippen molar-refractivity contribution in [3.05, 3.63) is 35.9 Å². The molecule has 0 fully saturated rings. The molecule has 96 valence electrons. The zero-order valence-corrected chi connectivity index (χ0v) is 10.9. The quantitative estimate of drug-likeness (QED) is 0.807. The second kappa shape index (κ2) is 5.03. The molecule has 0 aromatic carbocycles. The third-order valence-electron chi connectivity index (χ3n) is 2.82. The molecule has 2 aromatic heterocycles. The van der Waals surface area contributed by atoms with Gasteiger partial charge in [-0.05, 0) is 13.0 Å². The van der Waals surface area contributed by atoms with E-state index in [0.717, 1.165) is 12.1 Å². The highest BCUT2D eigenvalue weighted by molar-refractivity contribution is 5.92. The molecule has 18 heavy (non-hydrogen) atoms. The van der Waals surface area contributed by atoms with Crippen molar-refractivity contribution in [2.75, 3.05) is 7.05 Å². The standard InChI is InChI=1S/C12H17N5O/c1-4-17-9-10(7-14-17)8-15(2)12(18)11-5-6-13-16(11)3/h5-7,9H,4,8H2,1-3H3. The van der Waals surface area contributed by atoms with Gasteiger partial charge in [-0.1, -0.05) is 0 Å². The highest BCUT2D eigenvalue weighted by atomic mass is 16.2. The van der Waals surface area contributed by atoms with Crippen molar-refractivity contribution in [1.82, 2.24) is 24.5 Å². The Morgan fingerprint density at radius 2 is 2.22 bits per heavy atom. The van der Waals surface area contributed by atoms with E-state index in [9.17, 15) is 4.79 Å². The maximum absolute atomic E-state index is 12.1. The highest BCUT2D eigenvalue weighted by Crippen LogP contribution is 2.07. The van der Waals surface area contributed by atoms with Crippen molar-refractivity contribution in [3.63, 3.8) is 0 Å². The Morgan fingerprint density at radius 3 is 2.78 bits per heavy atom. The van der Waals surface area contributed by atoms with Gasteiger partial charge < -0.3 is 4.90 Å². The van der Waals surface area contributed by atoms with Gasteiger partial charge in [0.25, 0.3) is 5.91 Å². The summed E-state index contributed by atoms with van der Waals surface area (Å²) in [6.45, 7) is 3.41. The highest BCUT2D eigenvalue weighted by Gasteiger charge is 2.15. The van der Waals surface area contributed by atoms with Gasteiger partial charge in [0.05, 0.1) is 6.20 Å². The Balaban J connectivity index is 2.06. The number of carbonyl (C=O) groups excluding carboxylic acids is 1. The molecule has 2 rings (SSSR count). The lowest BCUT2D eigenvalue weighted by atomic mass is 10.3. The average Bonchev–Trinajstić information content (AvgIpc) is 2.97. The van der Waals surface area contributed by atoms with Gasteiger partial charge in [-0.25, -0.2) is 0 Å². The lowest BCUT2D eigenvalue weighted by Gasteiger charge is -2.15. The van der Waals surface area contributed by atoms with Crippen molar-refractivity contribution in [1.29, 1.82) is 0 Å². The summed E-state index contributed by atoms with van der Waals surface area (Å²) in [7, 11) is 3.54. The molecule has 0 aliphatic rings. The van der Waals surface area contributed by atoms with Crippen LogP contribution in [0.15, 0.2) is 24.7 Å². The molecule has 0 spiro atoms. The first kappa shape index (κ1) is 12.3. The predicted molar refractivity (Wildman–Crippen MR) is 66.9 cm³/mol. The molecule has 0 unspecified atom stereocenters. The summed E-state index contributed by atoms with van der Waals surface area (Å²) in [5, 5.41) is 8.19. The summed E-state index contributed by atoms with van der Waals surface area (Å²) < 4.78 is 3.42. The maximum atomic E-state index is 12.1. The van der Waals surface area contributed by atoms with E-state index in [-0.39, 0.29) is 5.91 Å². The summed E-state index contributed by atoms with van der Waals surface area (Å²) in [5.74, 6) is -0.0424. The van der Waals surface area contributed by atoms with Crippen molar-refractivity contribution in [2.45, 2.75) is 20.0 Å². The molecule has 1 amide bonds. The summed E-state index contributed by atoms with van der Waals surface area (Å²) in [5.41, 5.74) is 1.61. The molecular formula is C12H17N5O. The van der Waals surface area contributed by atoms with Crippen LogP contribution in [0.3, 0.4) is 0 Å². The van der Waals surface area contributed by atoms with Crippen LogP contribution in [0.1, 0.15) is 23.0 Å². The van der Waals surface area contributed by atoms with Crippen molar-refractivity contribution < 1.29 is 4.79 Å². The van der Waals surface area contributed by atoms with Gasteiger partial charge in [0.15, 0.2) is 0 Å². The fourth-order valence-corrected chi connectivity index (χ4v) is 1.79. The monoisotopic (exact) mass is 247 g/mol. The molecule has 6 heteroatoms. The number of rotatable bonds is 4. The zero-order valence-electron chi connectivity index (χ0n) is 10.9. The van der Waals surface area contributed by atoms with Gasteiger partial charge in [0.2, 0.25) is 0 Å². The van der Waals surface area contributed by atoms with Gasteiger partial charge in [0.1, 0.15) is 5.69 Å². The Labute approximate surface area is 106 Å². The number of amides is 1. The Morgan fingerprint density at radius 1 is 1.44 bits per heavy atom. The van der Waals surface area contributed by atoms with Crippen LogP contribution < -0.4 is 0 Å². The van der Waals surface area contributed by atoms with E-state index in [1.165, 1.54) is 0 Å². The van der Waals surface area contributed by atoms with Crippen LogP contribution in [0.2, 0.25) is 0 Å². The summed E-state index contributed by atoms with van der Waals surface area (Å²) in [6, 6.07) is 1.72. The number of hydrogen-bond donors (Lipinski definition) is 0. The lowest BCUT2D eigenvalue weighted by Crippen LogP contribution is -2.27. The van der Waals surface area contributed by atoms with Crippen LogP contribution in [-0.4, -0.2) is 37.4 Å². The first-order valence-corrected chi connectivity index (χ1v) is 5.86. The topological polar surface area (TPSA) is 56.0 Å². The number of aryl methyl sites for hydroxylation is 2. The van der Waals surface area contributed by atoms with Crippen LogP contribution in [0, 0.1) is 0 Å². The minimum Gasteiger partial charge on any atom is -0.336 e. The third-order valence-corrected chi connectivity index (χ3v) is 2.82. The van der Waals surface area contributed by atoms with Gasteiger partial charge in [0, 0.05) is 45.1 Å². The van der Waals surface area contributed by atoms with Crippen molar-refractivity contribution in [3.8, 4) is 0 Å². The summed E-state index contributed by atoms with van der Waals surface area (Å²) in [6.07, 6.45) is 5.36. The maximum Gasteiger partial charge on any atom is 0.272 e. The molecule has 0 radical (unpaired) electrons. The SMILES string of the molecule is CCn1cc(CN(C)C(=O)c2ccnn2C)cn1. The first-order chi connectivity index (χ1) is 8.61. The lowest BCUT2D eigenvalue weighted by molar-refractivity contribution is 0.0774. The fraction of sp³-hybridized carbons (Fsp3) is 0.417. The minimum absolute atomic E-state index is 0.0424. The molecule has 0 saturated carbocycles. The number of aromatic nitrogens is 4. The van der Waals surface area contributed by atoms with E-state index in [2.05, 4.69) is 10.2 Å². The molecule has 0 bridgehead atoms. The van der Waals surface area contributed by atoms with Gasteiger partial charge in [-0.2, -0.15) is 10.2 Å².